The standard InChI is InChI=1S/C16H19N5O5S/c1-9(22)18-16-21-20-14(27-16)7-13(23)19-17-8-10-5-11(24-2)15(26-4)12(6-10)25-3/h5-6,8H,7H2,1-4H3,(H,19,23)(H,18,21,22)/b17-8+. The van der Waals surface area contributed by atoms with Gasteiger partial charge in [0.1, 0.15) is 5.01 Å². The molecule has 1 heterocycles. The Morgan fingerprint density at radius 3 is 2.37 bits per heavy atom. The molecule has 0 aliphatic rings. The number of hydrazone groups is 1. The summed E-state index contributed by atoms with van der Waals surface area (Å²) in [5.41, 5.74) is 3.05. The van der Waals surface area contributed by atoms with E-state index in [4.69, 9.17) is 14.2 Å². The minimum Gasteiger partial charge on any atom is -0.493 e. The molecule has 0 atom stereocenters. The van der Waals surface area contributed by atoms with Crippen LogP contribution in [0.1, 0.15) is 17.5 Å². The number of anilines is 1. The summed E-state index contributed by atoms with van der Waals surface area (Å²) in [5.74, 6) is 0.793. The predicted octanol–water partition coefficient (Wildman–Crippen LogP) is 1.22. The number of methoxy groups -OCH3 is 3. The molecule has 2 amide bonds. The van der Waals surface area contributed by atoms with E-state index in [0.29, 0.717) is 33.0 Å². The van der Waals surface area contributed by atoms with Crippen molar-refractivity contribution in [1.82, 2.24) is 15.6 Å². The molecule has 0 saturated heterocycles. The van der Waals surface area contributed by atoms with Gasteiger partial charge in [-0.2, -0.15) is 5.10 Å². The average molecular weight is 393 g/mol. The summed E-state index contributed by atoms with van der Waals surface area (Å²) < 4.78 is 15.8. The van der Waals surface area contributed by atoms with E-state index in [1.54, 1.807) is 12.1 Å². The summed E-state index contributed by atoms with van der Waals surface area (Å²) in [6.07, 6.45) is 1.44. The van der Waals surface area contributed by atoms with E-state index in [-0.39, 0.29) is 18.2 Å². The van der Waals surface area contributed by atoms with Crippen LogP contribution in [0.4, 0.5) is 5.13 Å². The zero-order valence-electron chi connectivity index (χ0n) is 15.2. The third-order valence-corrected chi connectivity index (χ3v) is 3.99. The largest absolute Gasteiger partial charge is 0.493 e. The smallest absolute Gasteiger partial charge is 0.247 e. The molecule has 27 heavy (non-hydrogen) atoms. The zero-order valence-corrected chi connectivity index (χ0v) is 16.0. The number of carbonyl (C=O) groups excluding carboxylic acids is 2. The highest BCUT2D eigenvalue weighted by Crippen LogP contribution is 2.37. The first-order valence-corrected chi connectivity index (χ1v) is 8.50. The van der Waals surface area contributed by atoms with E-state index in [1.165, 1.54) is 34.5 Å². The highest BCUT2D eigenvalue weighted by molar-refractivity contribution is 7.15. The first kappa shape index (κ1) is 20.1. The predicted molar refractivity (Wildman–Crippen MR) is 99.8 cm³/mol. The van der Waals surface area contributed by atoms with E-state index in [0.717, 1.165) is 11.3 Å². The van der Waals surface area contributed by atoms with Crippen molar-refractivity contribution in [3.63, 3.8) is 0 Å². The molecule has 0 bridgehead atoms. The summed E-state index contributed by atoms with van der Waals surface area (Å²) in [5, 5.41) is 14.8. The third kappa shape index (κ3) is 5.64. The van der Waals surface area contributed by atoms with Crippen LogP contribution < -0.4 is 25.0 Å². The second-order valence-electron chi connectivity index (χ2n) is 5.11. The average Bonchev–Trinajstić information content (AvgIpc) is 3.06. The molecule has 2 rings (SSSR count). The summed E-state index contributed by atoms with van der Waals surface area (Å²) in [4.78, 5) is 22.9. The van der Waals surface area contributed by atoms with Gasteiger partial charge < -0.3 is 19.5 Å². The maximum atomic E-state index is 11.9. The Kier molecular flexibility index (Phi) is 7.06. The van der Waals surface area contributed by atoms with Gasteiger partial charge >= 0.3 is 0 Å². The molecule has 1 aromatic carbocycles. The van der Waals surface area contributed by atoms with Crippen molar-refractivity contribution in [1.29, 1.82) is 0 Å². The Labute approximate surface area is 159 Å². The molecule has 0 aliphatic carbocycles. The van der Waals surface area contributed by atoms with Gasteiger partial charge in [0.05, 0.1) is 34.0 Å². The van der Waals surface area contributed by atoms with Crippen molar-refractivity contribution >= 4 is 34.5 Å². The molecule has 144 valence electrons. The molecule has 0 aliphatic heterocycles. The van der Waals surface area contributed by atoms with Crippen molar-refractivity contribution in [2.75, 3.05) is 26.6 Å². The SMILES string of the molecule is COc1cc(/C=N/NC(=O)Cc2nnc(NC(C)=O)s2)cc(OC)c1OC. The van der Waals surface area contributed by atoms with Crippen LogP contribution in [0, 0.1) is 0 Å². The van der Waals surface area contributed by atoms with Gasteiger partial charge in [-0.1, -0.05) is 11.3 Å². The van der Waals surface area contributed by atoms with E-state index in [9.17, 15) is 9.59 Å². The fourth-order valence-electron chi connectivity index (χ4n) is 2.06. The zero-order chi connectivity index (χ0) is 19.8. The molecular formula is C16H19N5O5S. The normalized spacial score (nSPS) is 10.5. The minimum absolute atomic E-state index is 0.0101. The van der Waals surface area contributed by atoms with Gasteiger partial charge in [0, 0.05) is 12.5 Å². The van der Waals surface area contributed by atoms with Gasteiger partial charge in [-0.05, 0) is 12.1 Å². The Morgan fingerprint density at radius 2 is 1.81 bits per heavy atom. The lowest BCUT2D eigenvalue weighted by Gasteiger charge is -2.12. The number of benzene rings is 1. The van der Waals surface area contributed by atoms with E-state index < -0.39 is 0 Å². The summed E-state index contributed by atoms with van der Waals surface area (Å²) in [6, 6.07) is 3.39. The highest BCUT2D eigenvalue weighted by atomic mass is 32.1. The second-order valence-corrected chi connectivity index (χ2v) is 6.17. The van der Waals surface area contributed by atoms with Crippen molar-refractivity contribution in [2.45, 2.75) is 13.3 Å². The number of aromatic nitrogens is 2. The molecule has 0 fully saturated rings. The van der Waals surface area contributed by atoms with Crippen LogP contribution in [0.5, 0.6) is 17.2 Å². The van der Waals surface area contributed by atoms with Crippen LogP contribution in [-0.2, 0) is 16.0 Å². The fraction of sp³-hybridized carbons (Fsp3) is 0.312. The van der Waals surface area contributed by atoms with Crippen molar-refractivity contribution in [2.24, 2.45) is 5.10 Å². The first-order valence-electron chi connectivity index (χ1n) is 7.68. The molecule has 0 unspecified atom stereocenters. The monoisotopic (exact) mass is 393 g/mol. The number of rotatable bonds is 8. The van der Waals surface area contributed by atoms with Gasteiger partial charge in [-0.3, -0.25) is 9.59 Å². The minimum atomic E-state index is -0.371. The highest BCUT2D eigenvalue weighted by Gasteiger charge is 2.13. The second kappa shape index (κ2) is 9.48. The van der Waals surface area contributed by atoms with Gasteiger partial charge in [-0.15, -0.1) is 10.2 Å². The van der Waals surface area contributed by atoms with E-state index in [1.807, 2.05) is 0 Å². The van der Waals surface area contributed by atoms with E-state index in [2.05, 4.69) is 26.0 Å². The van der Waals surface area contributed by atoms with E-state index >= 15 is 0 Å². The number of nitrogens with one attached hydrogen (secondary N) is 2. The lowest BCUT2D eigenvalue weighted by Crippen LogP contribution is -2.19. The lowest BCUT2D eigenvalue weighted by atomic mass is 10.2. The van der Waals surface area contributed by atoms with Gasteiger partial charge in [0.2, 0.25) is 22.7 Å². The van der Waals surface area contributed by atoms with Crippen molar-refractivity contribution in [3.05, 3.63) is 22.7 Å². The molecular weight excluding hydrogens is 374 g/mol. The van der Waals surface area contributed by atoms with Crippen LogP contribution >= 0.6 is 11.3 Å². The van der Waals surface area contributed by atoms with Crippen LogP contribution in [-0.4, -0.2) is 49.6 Å². The van der Waals surface area contributed by atoms with Crippen molar-refractivity contribution < 1.29 is 23.8 Å². The quantitative estimate of drug-likeness (QED) is 0.510. The lowest BCUT2D eigenvalue weighted by molar-refractivity contribution is -0.120. The summed E-state index contributed by atoms with van der Waals surface area (Å²) >= 11 is 1.12. The molecule has 1 aromatic heterocycles. The van der Waals surface area contributed by atoms with Crippen LogP contribution in [0.2, 0.25) is 0 Å². The topological polar surface area (TPSA) is 124 Å². The molecule has 2 N–H and O–H groups in total. The van der Waals surface area contributed by atoms with Gasteiger partial charge in [-0.25, -0.2) is 5.43 Å². The molecule has 0 saturated carbocycles. The molecule has 2 aromatic rings. The number of hydrogen-bond donors (Lipinski definition) is 2. The summed E-state index contributed by atoms with van der Waals surface area (Å²) in [7, 11) is 4.54. The molecule has 11 heteroatoms. The maximum absolute atomic E-state index is 11.9. The number of ether oxygens (including phenoxy) is 3. The Bertz CT molecular complexity index is 826. The maximum Gasteiger partial charge on any atom is 0.247 e. The molecule has 0 spiro atoms. The van der Waals surface area contributed by atoms with Crippen LogP contribution in [0.3, 0.4) is 0 Å². The number of nitrogens with zero attached hydrogens (tertiary/aromatic N) is 3. The fourth-order valence-corrected chi connectivity index (χ4v) is 2.84. The Balaban J connectivity index is 1.99. The van der Waals surface area contributed by atoms with Crippen LogP contribution in [0.15, 0.2) is 17.2 Å². The van der Waals surface area contributed by atoms with Gasteiger partial charge in [0.15, 0.2) is 11.5 Å². The number of carbonyl (C=O) groups is 2. The van der Waals surface area contributed by atoms with Crippen LogP contribution in [0.25, 0.3) is 0 Å². The Morgan fingerprint density at radius 1 is 1.15 bits per heavy atom. The molecule has 0 radical (unpaired) electrons. The number of hydrogen-bond acceptors (Lipinski definition) is 9. The Hall–Kier alpha value is -3.21. The first-order chi connectivity index (χ1) is 13.0. The van der Waals surface area contributed by atoms with Gasteiger partial charge in [0.25, 0.3) is 0 Å². The number of amides is 2. The molecule has 10 nitrogen and oxygen atoms in total. The summed E-state index contributed by atoms with van der Waals surface area (Å²) in [6.45, 7) is 1.37. The third-order valence-electron chi connectivity index (χ3n) is 3.15. The van der Waals surface area contributed by atoms with Crippen molar-refractivity contribution in [3.8, 4) is 17.2 Å².